The normalized spacial score (nSPS) is 11.1. The Labute approximate surface area is 97.7 Å². The zero-order valence-electron chi connectivity index (χ0n) is 10.1. The number of alkyl halides is 1. The van der Waals surface area contributed by atoms with Crippen molar-refractivity contribution in [3.8, 4) is 0 Å². The number of amides is 1. The summed E-state index contributed by atoms with van der Waals surface area (Å²) in [4.78, 5) is 13.6. The third-order valence-electron chi connectivity index (χ3n) is 2.02. The topological polar surface area (TPSA) is 29.5 Å². The monoisotopic (exact) mass is 235 g/mol. The van der Waals surface area contributed by atoms with E-state index in [2.05, 4.69) is 0 Å². The number of hydrogen-bond donors (Lipinski definition) is 0. The van der Waals surface area contributed by atoms with Gasteiger partial charge in [0, 0.05) is 18.5 Å². The molecule has 0 saturated heterocycles. The van der Waals surface area contributed by atoms with E-state index in [4.69, 9.17) is 16.3 Å². The van der Waals surface area contributed by atoms with Crippen LogP contribution in [0.2, 0.25) is 0 Å². The molecule has 0 saturated carbocycles. The molecule has 0 aliphatic rings. The number of nitrogens with zero attached hydrogens (tertiary/aromatic N) is 1. The summed E-state index contributed by atoms with van der Waals surface area (Å²) in [6, 6.07) is 0.205. The second-order valence-corrected chi connectivity index (χ2v) is 4.46. The van der Waals surface area contributed by atoms with Crippen LogP contribution in [0, 0.1) is 0 Å². The van der Waals surface area contributed by atoms with Crippen molar-refractivity contribution in [2.45, 2.75) is 46.3 Å². The fourth-order valence-electron chi connectivity index (χ4n) is 1.22. The van der Waals surface area contributed by atoms with Crippen LogP contribution >= 0.6 is 11.6 Å². The van der Waals surface area contributed by atoms with Crippen LogP contribution in [0.4, 0.5) is 0 Å². The molecule has 15 heavy (non-hydrogen) atoms. The second kappa shape index (κ2) is 7.94. The quantitative estimate of drug-likeness (QED) is 0.634. The lowest BCUT2D eigenvalue weighted by atomic mass is 10.3. The summed E-state index contributed by atoms with van der Waals surface area (Å²) in [6.45, 7) is 8.72. The van der Waals surface area contributed by atoms with E-state index >= 15 is 0 Å². The Bertz CT molecular complexity index is 183. The predicted molar refractivity (Wildman–Crippen MR) is 63.3 cm³/mol. The minimum Gasteiger partial charge on any atom is -0.369 e. The lowest BCUT2D eigenvalue weighted by Gasteiger charge is -2.26. The molecule has 0 fully saturated rings. The van der Waals surface area contributed by atoms with Crippen LogP contribution in [0.1, 0.15) is 34.1 Å². The van der Waals surface area contributed by atoms with Crippen LogP contribution in [0.25, 0.3) is 0 Å². The van der Waals surface area contributed by atoms with Gasteiger partial charge in [0.25, 0.3) is 0 Å². The van der Waals surface area contributed by atoms with Gasteiger partial charge in [0.05, 0.1) is 6.10 Å². The Morgan fingerprint density at radius 3 is 2.33 bits per heavy atom. The maximum absolute atomic E-state index is 11.8. The highest BCUT2D eigenvalue weighted by Gasteiger charge is 2.16. The van der Waals surface area contributed by atoms with Gasteiger partial charge in [0.1, 0.15) is 6.61 Å². The first kappa shape index (κ1) is 14.7. The van der Waals surface area contributed by atoms with Crippen molar-refractivity contribution in [3.63, 3.8) is 0 Å². The number of ether oxygens (including phenoxy) is 1. The summed E-state index contributed by atoms with van der Waals surface area (Å²) in [7, 11) is 0. The fraction of sp³-hybridized carbons (Fsp3) is 0.909. The van der Waals surface area contributed by atoms with Gasteiger partial charge in [0.2, 0.25) is 5.91 Å². The van der Waals surface area contributed by atoms with Gasteiger partial charge < -0.3 is 9.64 Å². The third kappa shape index (κ3) is 6.74. The van der Waals surface area contributed by atoms with Crippen molar-refractivity contribution in [1.29, 1.82) is 0 Å². The smallest absolute Gasteiger partial charge is 0.248 e. The van der Waals surface area contributed by atoms with Crippen molar-refractivity contribution in [2.24, 2.45) is 0 Å². The first-order valence-electron chi connectivity index (χ1n) is 5.46. The van der Waals surface area contributed by atoms with Gasteiger partial charge in [-0.25, -0.2) is 0 Å². The zero-order valence-corrected chi connectivity index (χ0v) is 10.9. The Hall–Kier alpha value is -0.280. The summed E-state index contributed by atoms with van der Waals surface area (Å²) in [5.41, 5.74) is 0. The summed E-state index contributed by atoms with van der Waals surface area (Å²) in [5, 5.41) is 0. The van der Waals surface area contributed by atoms with Crippen molar-refractivity contribution < 1.29 is 9.53 Å². The Morgan fingerprint density at radius 2 is 1.93 bits per heavy atom. The highest BCUT2D eigenvalue weighted by Crippen LogP contribution is 2.03. The maximum atomic E-state index is 11.8. The molecule has 0 rings (SSSR count). The number of carbonyl (C=O) groups is 1. The minimum atomic E-state index is 0.0452. The van der Waals surface area contributed by atoms with Crippen molar-refractivity contribution >= 4 is 17.5 Å². The number of halogens is 1. The molecule has 0 radical (unpaired) electrons. The molecule has 3 nitrogen and oxygen atoms in total. The molecule has 0 N–H and O–H groups in total. The van der Waals surface area contributed by atoms with E-state index in [9.17, 15) is 4.79 Å². The van der Waals surface area contributed by atoms with Crippen LogP contribution in [0.3, 0.4) is 0 Å². The second-order valence-electron chi connectivity index (χ2n) is 4.08. The molecule has 0 aromatic rings. The molecule has 1 amide bonds. The summed E-state index contributed by atoms with van der Waals surface area (Å²) >= 11 is 5.61. The Morgan fingerprint density at radius 1 is 1.33 bits per heavy atom. The van der Waals surface area contributed by atoms with Crippen LogP contribution in [-0.4, -0.2) is 42.0 Å². The van der Waals surface area contributed by atoms with E-state index in [0.29, 0.717) is 12.4 Å². The molecular formula is C11H22ClNO2. The molecule has 0 spiro atoms. The maximum Gasteiger partial charge on any atom is 0.248 e. The molecule has 0 heterocycles. The minimum absolute atomic E-state index is 0.0452. The van der Waals surface area contributed by atoms with Gasteiger partial charge in [-0.05, 0) is 34.1 Å². The molecule has 0 aromatic carbocycles. The zero-order chi connectivity index (χ0) is 11.8. The van der Waals surface area contributed by atoms with Gasteiger partial charge in [-0.3, -0.25) is 4.79 Å². The van der Waals surface area contributed by atoms with Crippen LogP contribution in [0.15, 0.2) is 0 Å². The van der Waals surface area contributed by atoms with E-state index in [1.165, 1.54) is 0 Å². The van der Waals surface area contributed by atoms with Gasteiger partial charge in [-0.2, -0.15) is 0 Å². The van der Waals surface area contributed by atoms with Gasteiger partial charge in [-0.15, -0.1) is 11.6 Å². The largest absolute Gasteiger partial charge is 0.369 e. The lowest BCUT2D eigenvalue weighted by molar-refractivity contribution is -0.139. The Kier molecular flexibility index (Phi) is 7.79. The molecule has 0 atom stereocenters. The number of hydrogen-bond acceptors (Lipinski definition) is 2. The molecule has 0 aliphatic carbocycles. The van der Waals surface area contributed by atoms with Gasteiger partial charge >= 0.3 is 0 Å². The molecule has 0 bridgehead atoms. The Balaban J connectivity index is 4.05. The first-order chi connectivity index (χ1) is 6.99. The molecule has 4 heteroatoms. The van der Waals surface area contributed by atoms with Crippen molar-refractivity contribution in [3.05, 3.63) is 0 Å². The fourth-order valence-corrected chi connectivity index (χ4v) is 1.34. The molecule has 0 aliphatic heterocycles. The summed E-state index contributed by atoms with van der Waals surface area (Å²) in [6.07, 6.45) is 0.920. The highest BCUT2D eigenvalue weighted by molar-refractivity contribution is 6.17. The lowest BCUT2D eigenvalue weighted by Crippen LogP contribution is -2.40. The summed E-state index contributed by atoms with van der Waals surface area (Å²) in [5.74, 6) is 0.630. The molecular weight excluding hydrogens is 214 g/mol. The van der Waals surface area contributed by atoms with Crippen molar-refractivity contribution in [1.82, 2.24) is 4.90 Å². The SMILES string of the molecule is CC(C)OCC(=O)N(CCCCl)C(C)C. The van der Waals surface area contributed by atoms with Crippen LogP contribution in [-0.2, 0) is 9.53 Å². The predicted octanol–water partition coefficient (Wildman–Crippen LogP) is 2.28. The van der Waals surface area contributed by atoms with Crippen molar-refractivity contribution in [2.75, 3.05) is 19.0 Å². The van der Waals surface area contributed by atoms with E-state index < -0.39 is 0 Å². The van der Waals surface area contributed by atoms with E-state index in [1.807, 2.05) is 32.6 Å². The number of rotatable bonds is 7. The number of carbonyl (C=O) groups excluding carboxylic acids is 1. The van der Waals surface area contributed by atoms with Gasteiger partial charge in [-0.1, -0.05) is 0 Å². The van der Waals surface area contributed by atoms with Gasteiger partial charge in [0.15, 0.2) is 0 Å². The van der Waals surface area contributed by atoms with Crippen LogP contribution in [0.5, 0.6) is 0 Å². The van der Waals surface area contributed by atoms with E-state index in [1.54, 1.807) is 0 Å². The standard InChI is InChI=1S/C11H22ClNO2/c1-9(2)13(7-5-6-12)11(14)8-15-10(3)4/h9-10H,5-8H2,1-4H3. The molecule has 0 aromatic heterocycles. The summed E-state index contributed by atoms with van der Waals surface area (Å²) < 4.78 is 5.29. The highest BCUT2D eigenvalue weighted by atomic mass is 35.5. The molecule has 0 unspecified atom stereocenters. The average Bonchev–Trinajstić information content (AvgIpc) is 2.14. The van der Waals surface area contributed by atoms with E-state index in [-0.39, 0.29) is 24.7 Å². The molecule has 90 valence electrons. The van der Waals surface area contributed by atoms with E-state index in [0.717, 1.165) is 6.42 Å². The first-order valence-corrected chi connectivity index (χ1v) is 5.99. The average molecular weight is 236 g/mol. The van der Waals surface area contributed by atoms with Crippen LogP contribution < -0.4 is 0 Å². The third-order valence-corrected chi connectivity index (χ3v) is 2.28.